The van der Waals surface area contributed by atoms with Crippen molar-refractivity contribution in [3.8, 4) is 0 Å². The zero-order valence-electron chi connectivity index (χ0n) is 10.5. The van der Waals surface area contributed by atoms with Gasteiger partial charge in [0.2, 0.25) is 0 Å². The number of nitrogens with zero attached hydrogens (tertiary/aromatic N) is 1. The predicted octanol–water partition coefficient (Wildman–Crippen LogP) is 3.38. The van der Waals surface area contributed by atoms with Crippen LogP contribution in [-0.2, 0) is 0 Å². The van der Waals surface area contributed by atoms with Crippen molar-refractivity contribution in [1.82, 2.24) is 10.3 Å². The van der Waals surface area contributed by atoms with Crippen LogP contribution in [0, 0.1) is 0 Å². The lowest BCUT2D eigenvalue weighted by atomic mass is 10.1. The van der Waals surface area contributed by atoms with E-state index in [2.05, 4.69) is 10.3 Å². The van der Waals surface area contributed by atoms with Crippen LogP contribution in [0.25, 0.3) is 0 Å². The summed E-state index contributed by atoms with van der Waals surface area (Å²) < 4.78 is 0. The molecule has 1 amide bonds. The molecule has 94 valence electrons. The highest BCUT2D eigenvalue weighted by Gasteiger charge is 2.18. The van der Waals surface area contributed by atoms with E-state index in [1.165, 1.54) is 0 Å². The largest absolute Gasteiger partial charge is 0.347 e. The third kappa shape index (κ3) is 4.56. The maximum Gasteiger partial charge on any atom is 0.254 e. The van der Waals surface area contributed by atoms with Gasteiger partial charge in [-0.25, -0.2) is 4.98 Å². The van der Waals surface area contributed by atoms with Gasteiger partial charge in [-0.05, 0) is 32.6 Å². The number of carbonyl (C=O) groups is 1. The minimum Gasteiger partial charge on any atom is -0.347 e. The number of thioether (sulfide) groups is 1. The SMILES string of the molecule is CCSc1cnc(Cl)c(C(=O)NC(C)(C)C)c1. The van der Waals surface area contributed by atoms with E-state index in [-0.39, 0.29) is 16.6 Å². The average molecular weight is 273 g/mol. The first-order chi connectivity index (χ1) is 7.83. The molecule has 1 N–H and O–H groups in total. The number of hydrogen-bond donors (Lipinski definition) is 1. The van der Waals surface area contributed by atoms with E-state index in [9.17, 15) is 4.79 Å². The van der Waals surface area contributed by atoms with Gasteiger partial charge >= 0.3 is 0 Å². The number of rotatable bonds is 3. The third-order valence-corrected chi connectivity index (χ3v) is 3.00. The number of amides is 1. The van der Waals surface area contributed by atoms with E-state index in [1.807, 2.05) is 27.7 Å². The molecule has 0 aliphatic carbocycles. The number of halogens is 1. The van der Waals surface area contributed by atoms with Crippen LogP contribution in [0.5, 0.6) is 0 Å². The Morgan fingerprint density at radius 2 is 2.18 bits per heavy atom. The smallest absolute Gasteiger partial charge is 0.254 e. The van der Waals surface area contributed by atoms with Gasteiger partial charge in [-0.2, -0.15) is 0 Å². The first kappa shape index (κ1) is 14.3. The highest BCUT2D eigenvalue weighted by atomic mass is 35.5. The maximum atomic E-state index is 12.0. The molecule has 1 aromatic rings. The summed E-state index contributed by atoms with van der Waals surface area (Å²) in [6.07, 6.45) is 1.68. The van der Waals surface area contributed by atoms with Crippen LogP contribution in [-0.4, -0.2) is 22.2 Å². The molecule has 0 aliphatic rings. The zero-order valence-corrected chi connectivity index (χ0v) is 12.1. The molecular weight excluding hydrogens is 256 g/mol. The van der Waals surface area contributed by atoms with Crippen LogP contribution in [0.1, 0.15) is 38.1 Å². The molecule has 0 atom stereocenters. The molecule has 17 heavy (non-hydrogen) atoms. The maximum absolute atomic E-state index is 12.0. The first-order valence-electron chi connectivity index (χ1n) is 5.44. The number of pyridine rings is 1. The van der Waals surface area contributed by atoms with E-state index in [0.29, 0.717) is 5.56 Å². The molecule has 1 aromatic heterocycles. The number of carbonyl (C=O) groups excluding carboxylic acids is 1. The molecule has 0 radical (unpaired) electrons. The van der Waals surface area contributed by atoms with Gasteiger partial charge in [0.15, 0.2) is 0 Å². The van der Waals surface area contributed by atoms with Crippen molar-refractivity contribution in [3.63, 3.8) is 0 Å². The molecule has 5 heteroatoms. The molecule has 0 unspecified atom stereocenters. The van der Waals surface area contributed by atoms with E-state index in [0.717, 1.165) is 10.6 Å². The fourth-order valence-corrected chi connectivity index (χ4v) is 2.09. The summed E-state index contributed by atoms with van der Waals surface area (Å²) in [7, 11) is 0. The molecule has 0 bridgehead atoms. The van der Waals surface area contributed by atoms with Crippen molar-refractivity contribution in [2.24, 2.45) is 0 Å². The Kier molecular flexibility index (Phi) is 4.83. The number of nitrogens with one attached hydrogen (secondary N) is 1. The Bertz CT molecular complexity index is 415. The van der Waals surface area contributed by atoms with Crippen molar-refractivity contribution in [1.29, 1.82) is 0 Å². The van der Waals surface area contributed by atoms with Gasteiger partial charge in [-0.3, -0.25) is 4.79 Å². The molecule has 0 spiro atoms. The van der Waals surface area contributed by atoms with Crippen molar-refractivity contribution < 1.29 is 4.79 Å². The summed E-state index contributed by atoms with van der Waals surface area (Å²) in [5.74, 6) is 0.748. The lowest BCUT2D eigenvalue weighted by molar-refractivity contribution is 0.0919. The molecule has 0 saturated carbocycles. The minimum atomic E-state index is -0.283. The summed E-state index contributed by atoms with van der Waals surface area (Å²) in [6.45, 7) is 7.83. The fourth-order valence-electron chi connectivity index (χ4n) is 1.24. The Morgan fingerprint density at radius 1 is 1.53 bits per heavy atom. The second-order valence-electron chi connectivity index (χ2n) is 4.65. The van der Waals surface area contributed by atoms with Crippen LogP contribution in [0.4, 0.5) is 0 Å². The fraction of sp³-hybridized carbons (Fsp3) is 0.500. The molecule has 1 heterocycles. The summed E-state index contributed by atoms with van der Waals surface area (Å²) in [5, 5.41) is 3.12. The minimum absolute atomic E-state index is 0.187. The summed E-state index contributed by atoms with van der Waals surface area (Å²) in [6, 6.07) is 1.78. The molecule has 3 nitrogen and oxygen atoms in total. The standard InChI is InChI=1S/C12H17ClN2OS/c1-5-17-8-6-9(10(13)14-7-8)11(16)15-12(2,3)4/h6-7H,5H2,1-4H3,(H,15,16). The van der Waals surface area contributed by atoms with Gasteiger partial charge in [0.1, 0.15) is 5.15 Å². The Labute approximate surface area is 111 Å². The molecule has 0 saturated heterocycles. The first-order valence-corrected chi connectivity index (χ1v) is 6.80. The van der Waals surface area contributed by atoms with Gasteiger partial charge in [0.05, 0.1) is 5.56 Å². The molecule has 0 aromatic carbocycles. The molecular formula is C12H17ClN2OS. The zero-order chi connectivity index (χ0) is 13.1. The van der Waals surface area contributed by atoms with E-state index in [4.69, 9.17) is 11.6 Å². The van der Waals surface area contributed by atoms with E-state index < -0.39 is 0 Å². The van der Waals surface area contributed by atoms with Crippen molar-refractivity contribution in [3.05, 3.63) is 23.0 Å². The topological polar surface area (TPSA) is 42.0 Å². The van der Waals surface area contributed by atoms with Crippen LogP contribution in [0.2, 0.25) is 5.15 Å². The van der Waals surface area contributed by atoms with Crippen molar-refractivity contribution in [2.75, 3.05) is 5.75 Å². The molecule has 1 rings (SSSR count). The van der Waals surface area contributed by atoms with Gasteiger partial charge in [-0.15, -0.1) is 11.8 Å². The number of hydrogen-bond acceptors (Lipinski definition) is 3. The van der Waals surface area contributed by atoms with Crippen LogP contribution >= 0.6 is 23.4 Å². The van der Waals surface area contributed by atoms with E-state index >= 15 is 0 Å². The normalized spacial score (nSPS) is 11.4. The highest BCUT2D eigenvalue weighted by molar-refractivity contribution is 7.99. The van der Waals surface area contributed by atoms with Crippen molar-refractivity contribution in [2.45, 2.75) is 38.1 Å². The van der Waals surface area contributed by atoms with Crippen LogP contribution in [0.3, 0.4) is 0 Å². The molecule has 0 fully saturated rings. The third-order valence-electron chi connectivity index (χ3n) is 1.86. The van der Waals surface area contributed by atoms with Crippen molar-refractivity contribution >= 4 is 29.3 Å². The monoisotopic (exact) mass is 272 g/mol. The second kappa shape index (κ2) is 5.74. The summed E-state index contributed by atoms with van der Waals surface area (Å²) in [4.78, 5) is 17.0. The van der Waals surface area contributed by atoms with Gasteiger partial charge in [0.25, 0.3) is 5.91 Å². The van der Waals surface area contributed by atoms with Gasteiger partial charge in [-0.1, -0.05) is 18.5 Å². The lowest BCUT2D eigenvalue weighted by Crippen LogP contribution is -2.40. The second-order valence-corrected chi connectivity index (χ2v) is 6.34. The quantitative estimate of drug-likeness (QED) is 0.678. The van der Waals surface area contributed by atoms with Gasteiger partial charge in [0, 0.05) is 16.6 Å². The lowest BCUT2D eigenvalue weighted by Gasteiger charge is -2.20. The van der Waals surface area contributed by atoms with E-state index in [1.54, 1.807) is 24.0 Å². The summed E-state index contributed by atoms with van der Waals surface area (Å²) >= 11 is 7.57. The number of aromatic nitrogens is 1. The average Bonchev–Trinajstić information content (AvgIpc) is 2.18. The van der Waals surface area contributed by atoms with Crippen LogP contribution < -0.4 is 5.32 Å². The Morgan fingerprint density at radius 3 is 2.71 bits per heavy atom. The summed E-state index contributed by atoms with van der Waals surface area (Å²) in [5.41, 5.74) is 0.147. The molecule has 0 aliphatic heterocycles. The van der Waals surface area contributed by atoms with Gasteiger partial charge < -0.3 is 5.32 Å². The predicted molar refractivity (Wildman–Crippen MR) is 72.9 cm³/mol. The highest BCUT2D eigenvalue weighted by Crippen LogP contribution is 2.22. The Balaban J connectivity index is 2.95. The van der Waals surface area contributed by atoms with Crippen LogP contribution in [0.15, 0.2) is 17.2 Å². The Hall–Kier alpha value is -0.740.